The summed E-state index contributed by atoms with van der Waals surface area (Å²) in [4.78, 5) is 13.4. The number of ether oxygens (including phenoxy) is 1. The van der Waals surface area contributed by atoms with Crippen LogP contribution in [-0.2, 0) is 11.3 Å². The molecule has 1 fully saturated rings. The van der Waals surface area contributed by atoms with Crippen molar-refractivity contribution >= 4 is 16.9 Å². The van der Waals surface area contributed by atoms with Crippen molar-refractivity contribution in [2.75, 3.05) is 26.3 Å². The number of nitrogens with zero attached hydrogens (tertiary/aromatic N) is 1. The van der Waals surface area contributed by atoms with Crippen LogP contribution in [0.4, 0.5) is 0 Å². The number of furan rings is 1. The summed E-state index contributed by atoms with van der Waals surface area (Å²) in [6.07, 6.45) is 0. The lowest BCUT2D eigenvalue weighted by Crippen LogP contribution is -2.35. The lowest BCUT2D eigenvalue weighted by atomic mass is 10.1. The molecule has 5 nitrogen and oxygen atoms in total. The molecule has 0 bridgehead atoms. The maximum Gasteiger partial charge on any atom is 0.372 e. The van der Waals surface area contributed by atoms with Crippen LogP contribution in [0.25, 0.3) is 11.0 Å². The molecule has 2 heterocycles. The molecule has 0 saturated carbocycles. The molecule has 0 atom stereocenters. The summed E-state index contributed by atoms with van der Waals surface area (Å²) < 4.78 is 10.7. The Kier molecular flexibility index (Phi) is 3.46. The third-order valence-corrected chi connectivity index (χ3v) is 3.70. The van der Waals surface area contributed by atoms with Gasteiger partial charge in [0.05, 0.1) is 13.2 Å². The van der Waals surface area contributed by atoms with Gasteiger partial charge in [-0.3, -0.25) is 4.90 Å². The Morgan fingerprint density at radius 3 is 2.80 bits per heavy atom. The molecule has 106 valence electrons. The highest BCUT2D eigenvalue weighted by atomic mass is 16.5. The molecular weight excluding hydrogens is 258 g/mol. The minimum atomic E-state index is -1.02. The highest BCUT2D eigenvalue weighted by molar-refractivity contribution is 5.95. The molecule has 1 aliphatic heterocycles. The Hall–Kier alpha value is -1.85. The van der Waals surface area contributed by atoms with Gasteiger partial charge in [-0.1, -0.05) is 6.07 Å². The largest absolute Gasteiger partial charge is 0.475 e. The van der Waals surface area contributed by atoms with Crippen molar-refractivity contribution < 1.29 is 19.1 Å². The van der Waals surface area contributed by atoms with Crippen LogP contribution in [0.1, 0.15) is 21.7 Å². The summed E-state index contributed by atoms with van der Waals surface area (Å²) in [5, 5.41) is 9.96. The molecule has 0 aliphatic carbocycles. The number of morpholine rings is 1. The summed E-state index contributed by atoms with van der Waals surface area (Å²) in [5.74, 6) is -0.989. The van der Waals surface area contributed by atoms with Crippen LogP contribution in [0.5, 0.6) is 0 Å². The van der Waals surface area contributed by atoms with Crippen LogP contribution in [0.2, 0.25) is 0 Å². The molecule has 1 N–H and O–H groups in total. The smallest absolute Gasteiger partial charge is 0.372 e. The summed E-state index contributed by atoms with van der Waals surface area (Å²) in [7, 11) is 0. The van der Waals surface area contributed by atoms with Crippen LogP contribution in [-0.4, -0.2) is 42.3 Å². The van der Waals surface area contributed by atoms with E-state index < -0.39 is 5.97 Å². The fourth-order valence-electron chi connectivity index (χ4n) is 2.59. The Balaban J connectivity index is 1.89. The standard InChI is InChI=1S/C15H17NO4/c1-10-12-8-11(9-16-4-6-19-7-5-16)2-3-13(12)20-14(10)15(17)18/h2-3,8H,4-7,9H2,1H3,(H,17,18). The van der Waals surface area contributed by atoms with E-state index in [1.807, 2.05) is 18.2 Å². The number of aromatic carboxylic acids is 1. The third kappa shape index (κ3) is 2.42. The first-order valence-electron chi connectivity index (χ1n) is 6.70. The minimum absolute atomic E-state index is 0.0310. The summed E-state index contributed by atoms with van der Waals surface area (Å²) in [6, 6.07) is 5.87. The second-order valence-electron chi connectivity index (χ2n) is 5.08. The van der Waals surface area contributed by atoms with Gasteiger partial charge in [-0.05, 0) is 24.6 Å². The first-order chi connectivity index (χ1) is 9.65. The lowest BCUT2D eigenvalue weighted by molar-refractivity contribution is 0.0342. The summed E-state index contributed by atoms with van der Waals surface area (Å²) in [6.45, 7) is 6.05. The number of hydrogen-bond donors (Lipinski definition) is 1. The van der Waals surface area contributed by atoms with E-state index in [0.29, 0.717) is 11.1 Å². The first kappa shape index (κ1) is 13.1. The highest BCUT2D eigenvalue weighted by Gasteiger charge is 2.17. The zero-order valence-electron chi connectivity index (χ0n) is 11.4. The van der Waals surface area contributed by atoms with E-state index in [-0.39, 0.29) is 5.76 Å². The maximum atomic E-state index is 11.1. The van der Waals surface area contributed by atoms with Gasteiger partial charge in [-0.25, -0.2) is 4.79 Å². The lowest BCUT2D eigenvalue weighted by Gasteiger charge is -2.26. The predicted molar refractivity (Wildman–Crippen MR) is 74.0 cm³/mol. The van der Waals surface area contributed by atoms with Crippen LogP contribution in [0.3, 0.4) is 0 Å². The second kappa shape index (κ2) is 5.26. The number of rotatable bonds is 3. The van der Waals surface area contributed by atoms with Gasteiger partial charge in [0, 0.05) is 30.6 Å². The quantitative estimate of drug-likeness (QED) is 0.931. The Bertz CT molecular complexity index is 641. The Morgan fingerprint density at radius 2 is 2.10 bits per heavy atom. The number of fused-ring (bicyclic) bond motifs is 1. The zero-order chi connectivity index (χ0) is 14.1. The minimum Gasteiger partial charge on any atom is -0.475 e. The van der Waals surface area contributed by atoms with Gasteiger partial charge in [0.15, 0.2) is 0 Å². The summed E-state index contributed by atoms with van der Waals surface area (Å²) >= 11 is 0. The summed E-state index contributed by atoms with van der Waals surface area (Å²) in [5.41, 5.74) is 2.49. The number of carboxylic acid groups (broad SMARTS) is 1. The van der Waals surface area contributed by atoms with Gasteiger partial charge >= 0.3 is 5.97 Å². The Labute approximate surface area is 116 Å². The van der Waals surface area contributed by atoms with E-state index in [2.05, 4.69) is 4.90 Å². The molecule has 3 rings (SSSR count). The van der Waals surface area contributed by atoms with Crippen molar-refractivity contribution in [3.63, 3.8) is 0 Å². The van der Waals surface area contributed by atoms with E-state index in [1.54, 1.807) is 6.92 Å². The molecule has 1 aromatic carbocycles. The first-order valence-corrected chi connectivity index (χ1v) is 6.70. The average molecular weight is 275 g/mol. The molecule has 1 aromatic heterocycles. The van der Waals surface area contributed by atoms with E-state index in [1.165, 1.54) is 5.56 Å². The van der Waals surface area contributed by atoms with E-state index in [0.717, 1.165) is 38.2 Å². The van der Waals surface area contributed by atoms with Gasteiger partial charge in [0.1, 0.15) is 5.58 Å². The number of benzene rings is 1. The SMILES string of the molecule is Cc1c(C(=O)O)oc2ccc(CN3CCOCC3)cc12. The topological polar surface area (TPSA) is 62.9 Å². The number of carboxylic acids is 1. The molecule has 1 saturated heterocycles. The molecule has 0 radical (unpaired) electrons. The van der Waals surface area contributed by atoms with Crippen molar-refractivity contribution in [1.29, 1.82) is 0 Å². The molecular formula is C15H17NO4. The Morgan fingerprint density at radius 1 is 1.35 bits per heavy atom. The van der Waals surface area contributed by atoms with E-state index in [9.17, 15) is 4.79 Å². The molecule has 0 unspecified atom stereocenters. The number of carbonyl (C=O) groups is 1. The van der Waals surface area contributed by atoms with Gasteiger partial charge in [0.2, 0.25) is 5.76 Å². The molecule has 5 heteroatoms. The molecule has 20 heavy (non-hydrogen) atoms. The van der Waals surface area contributed by atoms with Crippen LogP contribution < -0.4 is 0 Å². The number of aryl methyl sites for hydroxylation is 1. The zero-order valence-corrected chi connectivity index (χ0v) is 11.4. The maximum absolute atomic E-state index is 11.1. The van der Waals surface area contributed by atoms with Gasteiger partial charge in [-0.15, -0.1) is 0 Å². The predicted octanol–water partition coefficient (Wildman–Crippen LogP) is 2.27. The molecule has 1 aliphatic rings. The van der Waals surface area contributed by atoms with E-state index >= 15 is 0 Å². The van der Waals surface area contributed by atoms with Gasteiger partial charge in [-0.2, -0.15) is 0 Å². The van der Waals surface area contributed by atoms with Crippen LogP contribution in [0.15, 0.2) is 22.6 Å². The van der Waals surface area contributed by atoms with Crippen LogP contribution in [0, 0.1) is 6.92 Å². The van der Waals surface area contributed by atoms with E-state index in [4.69, 9.17) is 14.3 Å². The molecule has 0 spiro atoms. The van der Waals surface area contributed by atoms with Gasteiger partial charge in [0.25, 0.3) is 0 Å². The highest BCUT2D eigenvalue weighted by Crippen LogP contribution is 2.26. The third-order valence-electron chi connectivity index (χ3n) is 3.70. The van der Waals surface area contributed by atoms with Crippen molar-refractivity contribution in [1.82, 2.24) is 4.90 Å². The molecule has 0 amide bonds. The normalized spacial score (nSPS) is 16.6. The number of hydrogen-bond acceptors (Lipinski definition) is 4. The second-order valence-corrected chi connectivity index (χ2v) is 5.08. The van der Waals surface area contributed by atoms with Crippen molar-refractivity contribution in [2.45, 2.75) is 13.5 Å². The van der Waals surface area contributed by atoms with Crippen molar-refractivity contribution in [3.05, 3.63) is 35.1 Å². The fourth-order valence-corrected chi connectivity index (χ4v) is 2.59. The average Bonchev–Trinajstić information content (AvgIpc) is 2.77. The van der Waals surface area contributed by atoms with Crippen LogP contribution >= 0.6 is 0 Å². The fraction of sp³-hybridized carbons (Fsp3) is 0.400. The molecule has 2 aromatic rings. The van der Waals surface area contributed by atoms with Gasteiger partial charge < -0.3 is 14.3 Å². The van der Waals surface area contributed by atoms with Crippen molar-refractivity contribution in [3.8, 4) is 0 Å². The van der Waals surface area contributed by atoms with Crippen molar-refractivity contribution in [2.24, 2.45) is 0 Å². The monoisotopic (exact) mass is 275 g/mol.